The van der Waals surface area contributed by atoms with E-state index in [4.69, 9.17) is 4.42 Å². The molecule has 0 spiro atoms. The maximum Gasteiger partial charge on any atom is 0.417 e. The van der Waals surface area contributed by atoms with Crippen LogP contribution in [0.3, 0.4) is 0 Å². The van der Waals surface area contributed by atoms with Gasteiger partial charge in [0.1, 0.15) is 5.82 Å². The quantitative estimate of drug-likeness (QED) is 0.814. The average Bonchev–Trinajstić information content (AvgIpc) is 3.06. The lowest BCUT2D eigenvalue weighted by molar-refractivity contribution is -0.137. The normalized spacial score (nSPS) is 26.0. The summed E-state index contributed by atoms with van der Waals surface area (Å²) in [4.78, 5) is 8.44. The Hall–Kier alpha value is -2.16. The fourth-order valence-electron chi connectivity index (χ4n) is 4.16. The third kappa shape index (κ3) is 3.40. The Kier molecular flexibility index (Phi) is 3.89. The van der Waals surface area contributed by atoms with Crippen LogP contribution in [0.4, 0.5) is 19.0 Å². The van der Waals surface area contributed by atoms with E-state index in [9.17, 15) is 13.2 Å². The van der Waals surface area contributed by atoms with Gasteiger partial charge in [-0.2, -0.15) is 13.2 Å². The van der Waals surface area contributed by atoms with Gasteiger partial charge in [0.2, 0.25) is 11.8 Å². The predicted molar refractivity (Wildman–Crippen MR) is 90.0 cm³/mol. The highest BCUT2D eigenvalue weighted by atomic mass is 19.4. The van der Waals surface area contributed by atoms with Crippen molar-refractivity contribution in [3.63, 3.8) is 0 Å². The molecule has 6 nitrogen and oxygen atoms in total. The van der Waals surface area contributed by atoms with Gasteiger partial charge in [-0.15, -0.1) is 10.2 Å². The SMILES string of the molecule is FC(F)(F)c1ccc(N2CC3CN(Cc4nnc(C5CC5)o4)CC3C2)nc1. The fraction of sp³-hybridized carbons (Fsp3) is 0.611. The number of fused-ring (bicyclic) bond motifs is 1. The Labute approximate surface area is 154 Å². The molecule has 27 heavy (non-hydrogen) atoms. The smallest absolute Gasteiger partial charge is 0.417 e. The molecule has 3 fully saturated rings. The van der Waals surface area contributed by atoms with Crippen molar-refractivity contribution in [2.45, 2.75) is 31.5 Å². The zero-order valence-electron chi connectivity index (χ0n) is 14.7. The molecule has 2 aliphatic heterocycles. The molecule has 2 aromatic heterocycles. The number of likely N-dealkylation sites (tertiary alicyclic amines) is 1. The lowest BCUT2D eigenvalue weighted by Crippen LogP contribution is -2.29. The summed E-state index contributed by atoms with van der Waals surface area (Å²) in [7, 11) is 0. The molecule has 2 atom stereocenters. The van der Waals surface area contributed by atoms with E-state index in [2.05, 4.69) is 25.0 Å². The van der Waals surface area contributed by atoms with Gasteiger partial charge in [-0.3, -0.25) is 4.90 Å². The summed E-state index contributed by atoms with van der Waals surface area (Å²) in [6, 6.07) is 2.58. The van der Waals surface area contributed by atoms with E-state index in [0.717, 1.165) is 57.2 Å². The molecule has 2 saturated heterocycles. The maximum atomic E-state index is 12.7. The van der Waals surface area contributed by atoms with Crippen LogP contribution in [-0.2, 0) is 12.7 Å². The molecule has 2 unspecified atom stereocenters. The van der Waals surface area contributed by atoms with Gasteiger partial charge in [0.05, 0.1) is 12.1 Å². The van der Waals surface area contributed by atoms with Crippen LogP contribution in [0.25, 0.3) is 0 Å². The minimum Gasteiger partial charge on any atom is -0.424 e. The predicted octanol–water partition coefficient (Wildman–Crippen LogP) is 2.93. The van der Waals surface area contributed by atoms with E-state index in [1.54, 1.807) is 0 Å². The minimum absolute atomic E-state index is 0.467. The highest BCUT2D eigenvalue weighted by molar-refractivity contribution is 5.41. The first-order chi connectivity index (χ1) is 13.0. The summed E-state index contributed by atoms with van der Waals surface area (Å²) in [6.07, 6.45) is -1.14. The van der Waals surface area contributed by atoms with E-state index < -0.39 is 11.7 Å². The van der Waals surface area contributed by atoms with Crippen molar-refractivity contribution in [2.75, 3.05) is 31.1 Å². The van der Waals surface area contributed by atoms with Crippen LogP contribution in [0, 0.1) is 11.8 Å². The standard InChI is InChI=1S/C18H20F3N5O/c19-18(20,21)14-3-4-15(22-5-14)26-8-12-6-25(7-13(12)9-26)10-16-23-24-17(27-16)11-1-2-11/h3-5,11-13H,1-2,6-10H2. The minimum atomic E-state index is -4.35. The molecule has 0 amide bonds. The van der Waals surface area contributed by atoms with Crippen molar-refractivity contribution in [1.82, 2.24) is 20.1 Å². The second-order valence-electron chi connectivity index (χ2n) is 7.83. The van der Waals surface area contributed by atoms with Crippen molar-refractivity contribution < 1.29 is 17.6 Å². The lowest BCUT2D eigenvalue weighted by atomic mass is 10.0. The van der Waals surface area contributed by atoms with Gasteiger partial charge in [0, 0.05) is 38.3 Å². The summed E-state index contributed by atoms with van der Waals surface area (Å²) in [5.74, 6) is 3.51. The second kappa shape index (κ2) is 6.19. The summed E-state index contributed by atoms with van der Waals surface area (Å²) < 4.78 is 43.8. The third-order valence-electron chi connectivity index (χ3n) is 5.73. The first-order valence-electron chi connectivity index (χ1n) is 9.28. The van der Waals surface area contributed by atoms with Crippen molar-refractivity contribution in [3.8, 4) is 0 Å². The number of hydrogen-bond acceptors (Lipinski definition) is 6. The Morgan fingerprint density at radius 1 is 1.04 bits per heavy atom. The van der Waals surface area contributed by atoms with E-state index in [-0.39, 0.29) is 0 Å². The Morgan fingerprint density at radius 2 is 1.78 bits per heavy atom. The van der Waals surface area contributed by atoms with Crippen LogP contribution in [0.5, 0.6) is 0 Å². The molecule has 0 bridgehead atoms. The molecule has 4 heterocycles. The first-order valence-corrected chi connectivity index (χ1v) is 9.28. The molecular weight excluding hydrogens is 359 g/mol. The third-order valence-corrected chi connectivity index (χ3v) is 5.73. The maximum absolute atomic E-state index is 12.7. The van der Waals surface area contributed by atoms with E-state index in [1.165, 1.54) is 6.07 Å². The van der Waals surface area contributed by atoms with Crippen molar-refractivity contribution >= 4 is 5.82 Å². The van der Waals surface area contributed by atoms with Crippen LogP contribution >= 0.6 is 0 Å². The van der Waals surface area contributed by atoms with Crippen molar-refractivity contribution in [1.29, 1.82) is 0 Å². The van der Waals surface area contributed by atoms with Crippen LogP contribution in [-0.4, -0.2) is 46.3 Å². The number of hydrogen-bond donors (Lipinski definition) is 0. The van der Waals surface area contributed by atoms with E-state index >= 15 is 0 Å². The average molecular weight is 379 g/mol. The molecule has 5 rings (SSSR count). The molecule has 2 aromatic rings. The topological polar surface area (TPSA) is 58.3 Å². The first kappa shape index (κ1) is 17.0. The largest absolute Gasteiger partial charge is 0.424 e. The summed E-state index contributed by atoms with van der Waals surface area (Å²) >= 11 is 0. The molecule has 9 heteroatoms. The Bertz CT molecular complexity index is 803. The van der Waals surface area contributed by atoms with Gasteiger partial charge in [-0.05, 0) is 36.8 Å². The molecule has 1 aliphatic carbocycles. The summed E-state index contributed by atoms with van der Waals surface area (Å²) in [5.41, 5.74) is -0.707. The number of anilines is 1. The number of nitrogens with zero attached hydrogens (tertiary/aromatic N) is 5. The van der Waals surface area contributed by atoms with Gasteiger partial charge < -0.3 is 9.32 Å². The van der Waals surface area contributed by atoms with Gasteiger partial charge >= 0.3 is 6.18 Å². The molecule has 0 N–H and O–H groups in total. The highest BCUT2D eigenvalue weighted by Crippen LogP contribution is 2.39. The van der Waals surface area contributed by atoms with Crippen LogP contribution in [0.15, 0.2) is 22.7 Å². The molecular formula is C18H20F3N5O. The molecule has 144 valence electrons. The van der Waals surface area contributed by atoms with Gasteiger partial charge in [-0.1, -0.05) is 0 Å². The van der Waals surface area contributed by atoms with Crippen molar-refractivity contribution in [3.05, 3.63) is 35.7 Å². The zero-order chi connectivity index (χ0) is 18.6. The molecule has 1 saturated carbocycles. The van der Waals surface area contributed by atoms with Gasteiger partial charge in [-0.25, -0.2) is 4.98 Å². The molecule has 0 radical (unpaired) electrons. The van der Waals surface area contributed by atoms with E-state index in [0.29, 0.717) is 36.0 Å². The van der Waals surface area contributed by atoms with Crippen LogP contribution in [0.2, 0.25) is 0 Å². The number of aromatic nitrogens is 3. The summed E-state index contributed by atoms with van der Waals surface area (Å²) in [5, 5.41) is 8.28. The molecule has 0 aromatic carbocycles. The van der Waals surface area contributed by atoms with Gasteiger partial charge in [0.15, 0.2) is 0 Å². The summed E-state index contributed by atoms with van der Waals surface area (Å²) in [6.45, 7) is 4.17. The fourth-order valence-corrected chi connectivity index (χ4v) is 4.16. The number of halogens is 3. The molecule has 3 aliphatic rings. The highest BCUT2D eigenvalue weighted by Gasteiger charge is 2.41. The zero-order valence-corrected chi connectivity index (χ0v) is 14.7. The monoisotopic (exact) mass is 379 g/mol. The number of alkyl halides is 3. The Balaban J connectivity index is 1.18. The lowest BCUT2D eigenvalue weighted by Gasteiger charge is -2.21. The number of rotatable bonds is 4. The van der Waals surface area contributed by atoms with Crippen LogP contribution in [0.1, 0.15) is 36.1 Å². The van der Waals surface area contributed by atoms with Gasteiger partial charge in [0.25, 0.3) is 0 Å². The van der Waals surface area contributed by atoms with Crippen molar-refractivity contribution in [2.24, 2.45) is 11.8 Å². The van der Waals surface area contributed by atoms with E-state index in [1.807, 2.05) is 0 Å². The Morgan fingerprint density at radius 3 is 2.37 bits per heavy atom. The van der Waals surface area contributed by atoms with Crippen LogP contribution < -0.4 is 4.90 Å². The second-order valence-corrected chi connectivity index (χ2v) is 7.83. The number of pyridine rings is 1.